The lowest BCUT2D eigenvalue weighted by atomic mass is 9.95. The SMILES string of the molecule is CCOC(=O)C1=C(C)N=c2sc(=Cc3c[nH]c4ccccc34)c(=O)n2C1c1cc(Br)c(OC)cc1OC. The minimum Gasteiger partial charge on any atom is -0.496 e. The van der Waals surface area contributed by atoms with E-state index in [1.54, 1.807) is 37.7 Å². The second-order valence-electron chi connectivity index (χ2n) is 8.32. The molecule has 0 aliphatic carbocycles. The van der Waals surface area contributed by atoms with Gasteiger partial charge in [-0.2, -0.15) is 0 Å². The minimum atomic E-state index is -0.808. The fourth-order valence-electron chi connectivity index (χ4n) is 4.54. The Morgan fingerprint density at radius 1 is 1.22 bits per heavy atom. The van der Waals surface area contributed by atoms with Gasteiger partial charge in [-0.1, -0.05) is 29.5 Å². The number of rotatable bonds is 6. The molecule has 1 aliphatic heterocycles. The molecule has 1 unspecified atom stereocenters. The molecule has 1 aliphatic rings. The quantitative estimate of drug-likeness (QED) is 0.346. The monoisotopic (exact) mass is 581 g/mol. The minimum absolute atomic E-state index is 0.191. The van der Waals surface area contributed by atoms with Gasteiger partial charge in [0.25, 0.3) is 5.56 Å². The first-order valence-corrected chi connectivity index (χ1v) is 13.2. The van der Waals surface area contributed by atoms with Crippen molar-refractivity contribution in [2.75, 3.05) is 20.8 Å². The fourth-order valence-corrected chi connectivity index (χ4v) is 6.10. The topological polar surface area (TPSA) is 94.9 Å². The van der Waals surface area contributed by atoms with E-state index in [9.17, 15) is 9.59 Å². The lowest BCUT2D eigenvalue weighted by Gasteiger charge is -2.26. The second-order valence-corrected chi connectivity index (χ2v) is 10.2. The number of nitrogens with zero attached hydrogens (tertiary/aromatic N) is 2. The number of aromatic nitrogens is 2. The van der Waals surface area contributed by atoms with Crippen LogP contribution in [-0.4, -0.2) is 36.3 Å². The smallest absolute Gasteiger partial charge is 0.338 e. The number of ether oxygens (including phenoxy) is 3. The number of allylic oxidation sites excluding steroid dienone is 1. The van der Waals surface area contributed by atoms with Crippen molar-refractivity contribution in [3.05, 3.63) is 89.2 Å². The van der Waals surface area contributed by atoms with Crippen molar-refractivity contribution in [3.8, 4) is 11.5 Å². The van der Waals surface area contributed by atoms with Gasteiger partial charge in [0.05, 0.1) is 41.1 Å². The number of fused-ring (bicyclic) bond motifs is 2. The number of methoxy groups -OCH3 is 2. The Bertz CT molecular complexity index is 1750. The third-order valence-corrected chi connectivity index (χ3v) is 7.83. The largest absolute Gasteiger partial charge is 0.496 e. The van der Waals surface area contributed by atoms with Gasteiger partial charge >= 0.3 is 5.97 Å². The zero-order valence-electron chi connectivity index (χ0n) is 20.6. The van der Waals surface area contributed by atoms with Crippen LogP contribution in [0.3, 0.4) is 0 Å². The number of carbonyl (C=O) groups is 1. The predicted octanol–water partition coefficient (Wildman–Crippen LogP) is 4.06. The van der Waals surface area contributed by atoms with Gasteiger partial charge < -0.3 is 19.2 Å². The Balaban J connectivity index is 1.79. The fraction of sp³-hybridized carbons (Fsp3) is 0.222. The van der Waals surface area contributed by atoms with E-state index in [4.69, 9.17) is 14.2 Å². The highest BCUT2D eigenvalue weighted by molar-refractivity contribution is 9.10. The van der Waals surface area contributed by atoms with Gasteiger partial charge in [-0.3, -0.25) is 9.36 Å². The molecule has 0 saturated heterocycles. The van der Waals surface area contributed by atoms with Crippen molar-refractivity contribution >= 4 is 50.2 Å². The number of esters is 1. The van der Waals surface area contributed by atoms with E-state index in [2.05, 4.69) is 25.9 Å². The first kappa shape index (κ1) is 25.0. The zero-order valence-corrected chi connectivity index (χ0v) is 23.0. The number of para-hydroxylation sites is 1. The number of halogens is 1. The van der Waals surface area contributed by atoms with E-state index in [0.717, 1.165) is 16.5 Å². The number of carbonyl (C=O) groups excluding carboxylic acids is 1. The molecule has 190 valence electrons. The summed E-state index contributed by atoms with van der Waals surface area (Å²) in [5, 5.41) is 1.01. The lowest BCUT2D eigenvalue weighted by Crippen LogP contribution is -2.40. The van der Waals surface area contributed by atoms with Crippen LogP contribution in [0.2, 0.25) is 0 Å². The van der Waals surface area contributed by atoms with E-state index < -0.39 is 12.0 Å². The molecule has 3 heterocycles. The van der Waals surface area contributed by atoms with Crippen LogP contribution < -0.4 is 24.4 Å². The van der Waals surface area contributed by atoms with Gasteiger partial charge in [0, 0.05) is 34.3 Å². The normalized spacial score (nSPS) is 15.5. The Hall–Kier alpha value is -3.63. The Kier molecular flexibility index (Phi) is 6.78. The maximum absolute atomic E-state index is 13.9. The molecule has 10 heteroatoms. The molecule has 1 N–H and O–H groups in total. The van der Waals surface area contributed by atoms with E-state index in [0.29, 0.717) is 36.6 Å². The van der Waals surface area contributed by atoms with Crippen molar-refractivity contribution in [2.24, 2.45) is 4.99 Å². The molecule has 0 amide bonds. The van der Waals surface area contributed by atoms with Crippen LogP contribution in [0, 0.1) is 0 Å². The highest BCUT2D eigenvalue weighted by Crippen LogP contribution is 2.41. The molecule has 0 radical (unpaired) electrons. The van der Waals surface area contributed by atoms with Gasteiger partial charge in [-0.25, -0.2) is 9.79 Å². The third kappa shape index (κ3) is 4.30. The van der Waals surface area contributed by atoms with Gasteiger partial charge in [-0.05, 0) is 48.0 Å². The van der Waals surface area contributed by atoms with Crippen LogP contribution in [0.5, 0.6) is 11.5 Å². The molecular weight excluding hydrogens is 558 g/mol. The van der Waals surface area contributed by atoms with E-state index in [1.807, 2.05) is 36.5 Å². The van der Waals surface area contributed by atoms with Crippen LogP contribution in [0.25, 0.3) is 17.0 Å². The molecule has 0 saturated carbocycles. The van der Waals surface area contributed by atoms with Gasteiger partial charge in [0.1, 0.15) is 17.5 Å². The maximum atomic E-state index is 13.9. The summed E-state index contributed by atoms with van der Waals surface area (Å²) in [5.41, 5.74) is 2.98. The van der Waals surface area contributed by atoms with Crippen molar-refractivity contribution in [3.63, 3.8) is 0 Å². The van der Waals surface area contributed by atoms with E-state index in [-0.39, 0.29) is 17.7 Å². The predicted molar refractivity (Wildman–Crippen MR) is 146 cm³/mol. The molecule has 2 aromatic carbocycles. The highest BCUT2D eigenvalue weighted by Gasteiger charge is 2.35. The average Bonchev–Trinajstić information content (AvgIpc) is 3.43. The molecule has 8 nitrogen and oxygen atoms in total. The number of thiazole rings is 1. The number of nitrogens with one attached hydrogen (secondary N) is 1. The van der Waals surface area contributed by atoms with Gasteiger partial charge in [0.15, 0.2) is 4.80 Å². The van der Waals surface area contributed by atoms with Crippen LogP contribution in [0.1, 0.15) is 31.0 Å². The number of H-pyrrole nitrogens is 1. The van der Waals surface area contributed by atoms with Crippen LogP contribution >= 0.6 is 27.3 Å². The molecule has 0 bridgehead atoms. The standard InChI is InChI=1S/C27H24BrN3O5S/c1-5-36-26(33)23-14(2)30-27-31(24(23)17-11-18(28)21(35-4)12-20(17)34-3)25(32)22(37-27)10-15-13-29-19-9-7-6-8-16(15)19/h6-13,24,29H,5H2,1-4H3. The van der Waals surface area contributed by atoms with Crippen molar-refractivity contribution in [1.82, 2.24) is 9.55 Å². The zero-order chi connectivity index (χ0) is 26.3. The molecule has 37 heavy (non-hydrogen) atoms. The summed E-state index contributed by atoms with van der Waals surface area (Å²) in [7, 11) is 3.09. The summed E-state index contributed by atoms with van der Waals surface area (Å²) in [6.45, 7) is 3.68. The van der Waals surface area contributed by atoms with Crippen LogP contribution in [0.15, 0.2) is 68.1 Å². The molecule has 0 fully saturated rings. The Labute approximate surface area is 224 Å². The first-order valence-electron chi connectivity index (χ1n) is 11.5. The summed E-state index contributed by atoms with van der Waals surface area (Å²) < 4.78 is 19.2. The maximum Gasteiger partial charge on any atom is 0.338 e. The average molecular weight is 582 g/mol. The Morgan fingerprint density at radius 2 is 1.97 bits per heavy atom. The lowest BCUT2D eigenvalue weighted by molar-refractivity contribution is -0.139. The Morgan fingerprint density at radius 3 is 2.70 bits per heavy atom. The molecular formula is C27H24BrN3O5S. The number of hydrogen-bond donors (Lipinski definition) is 1. The second kappa shape index (κ2) is 10.0. The first-order chi connectivity index (χ1) is 17.9. The molecule has 5 rings (SSSR count). The van der Waals surface area contributed by atoms with Crippen molar-refractivity contribution in [1.29, 1.82) is 0 Å². The summed E-state index contributed by atoms with van der Waals surface area (Å²) >= 11 is 4.81. The third-order valence-electron chi connectivity index (χ3n) is 6.22. The van der Waals surface area contributed by atoms with Crippen molar-refractivity contribution in [2.45, 2.75) is 19.9 Å². The summed E-state index contributed by atoms with van der Waals surface area (Å²) in [6.07, 6.45) is 3.73. The number of hydrogen-bond acceptors (Lipinski definition) is 7. The number of aromatic amines is 1. The van der Waals surface area contributed by atoms with Crippen molar-refractivity contribution < 1.29 is 19.0 Å². The number of benzene rings is 2. The van der Waals surface area contributed by atoms with E-state index in [1.165, 1.54) is 18.4 Å². The van der Waals surface area contributed by atoms with Crippen LogP contribution in [0.4, 0.5) is 0 Å². The highest BCUT2D eigenvalue weighted by atomic mass is 79.9. The molecule has 1 atom stereocenters. The van der Waals surface area contributed by atoms with Gasteiger partial charge in [0.2, 0.25) is 0 Å². The molecule has 0 spiro atoms. The van der Waals surface area contributed by atoms with E-state index >= 15 is 0 Å². The summed E-state index contributed by atoms with van der Waals surface area (Å²) in [5.74, 6) is 0.493. The molecule has 2 aromatic heterocycles. The summed E-state index contributed by atoms with van der Waals surface area (Å²) in [6, 6.07) is 10.6. The molecule has 4 aromatic rings. The van der Waals surface area contributed by atoms with Crippen LogP contribution in [-0.2, 0) is 9.53 Å². The summed E-state index contributed by atoms with van der Waals surface area (Å²) in [4.78, 5) is 35.5. The van der Waals surface area contributed by atoms with Gasteiger partial charge in [-0.15, -0.1) is 0 Å².